The Kier molecular flexibility index (Phi) is 3.96. The van der Waals surface area contributed by atoms with Crippen LogP contribution in [0.5, 0.6) is 5.75 Å². The van der Waals surface area contributed by atoms with Crippen LogP contribution in [0.4, 0.5) is 0 Å². The van der Waals surface area contributed by atoms with Gasteiger partial charge in [-0.25, -0.2) is 9.78 Å². The average Bonchev–Trinajstić information content (AvgIpc) is 2.51. The number of hydrogen-bond acceptors (Lipinski definition) is 5. The highest BCUT2D eigenvalue weighted by atomic mass is 16.5. The minimum Gasteiger partial charge on any atom is -0.497 e. The van der Waals surface area contributed by atoms with Crippen LogP contribution in [0, 0.1) is 11.3 Å². The first kappa shape index (κ1) is 13.6. The molecule has 0 unspecified atom stereocenters. The summed E-state index contributed by atoms with van der Waals surface area (Å²) in [5.41, 5.74) is 1.18. The van der Waals surface area contributed by atoms with Crippen LogP contribution in [0.25, 0.3) is 17.0 Å². The smallest absolute Gasteiger partial charge is 0.348 e. The summed E-state index contributed by atoms with van der Waals surface area (Å²) in [7, 11) is 2.83. The maximum atomic E-state index is 11.3. The van der Waals surface area contributed by atoms with Crippen molar-refractivity contribution in [3.8, 4) is 11.8 Å². The molecule has 0 fully saturated rings. The van der Waals surface area contributed by atoms with Gasteiger partial charge in [-0.2, -0.15) is 5.26 Å². The monoisotopic (exact) mass is 268 g/mol. The Hall–Kier alpha value is -2.87. The van der Waals surface area contributed by atoms with Crippen LogP contribution in [0.1, 0.15) is 5.69 Å². The first-order valence-electron chi connectivity index (χ1n) is 5.83. The van der Waals surface area contributed by atoms with Crippen molar-refractivity contribution in [3.63, 3.8) is 0 Å². The van der Waals surface area contributed by atoms with Crippen molar-refractivity contribution < 1.29 is 14.3 Å². The number of fused-ring (bicyclic) bond motifs is 1. The van der Waals surface area contributed by atoms with Gasteiger partial charge >= 0.3 is 5.97 Å². The summed E-state index contributed by atoms with van der Waals surface area (Å²) in [6, 6.07) is 10.8. The molecule has 0 spiro atoms. The van der Waals surface area contributed by atoms with Crippen LogP contribution in [0.15, 0.2) is 35.9 Å². The number of esters is 1. The number of pyridine rings is 1. The summed E-state index contributed by atoms with van der Waals surface area (Å²) in [5.74, 6) is 0.0685. The third-order valence-electron chi connectivity index (χ3n) is 2.74. The molecule has 1 aromatic carbocycles. The molecular formula is C15H12N2O3. The molecule has 0 atom stereocenters. The predicted octanol–water partition coefficient (Wildman–Crippen LogP) is 2.32. The molecule has 2 aromatic rings. The zero-order valence-electron chi connectivity index (χ0n) is 11.1. The van der Waals surface area contributed by atoms with Crippen molar-refractivity contribution in [3.05, 3.63) is 41.6 Å². The van der Waals surface area contributed by atoms with Gasteiger partial charge in [-0.05, 0) is 30.3 Å². The summed E-state index contributed by atoms with van der Waals surface area (Å²) in [6.07, 6.45) is 1.40. The number of benzene rings is 1. The molecule has 0 saturated heterocycles. The molecule has 0 aliphatic rings. The Morgan fingerprint density at radius 1 is 1.30 bits per heavy atom. The van der Waals surface area contributed by atoms with Crippen molar-refractivity contribution in [2.45, 2.75) is 0 Å². The van der Waals surface area contributed by atoms with Gasteiger partial charge in [0.1, 0.15) is 17.4 Å². The third-order valence-corrected chi connectivity index (χ3v) is 2.74. The van der Waals surface area contributed by atoms with E-state index in [1.807, 2.05) is 18.2 Å². The molecule has 100 valence electrons. The van der Waals surface area contributed by atoms with Gasteiger partial charge in [0.25, 0.3) is 0 Å². The molecule has 0 amide bonds. The quantitative estimate of drug-likeness (QED) is 0.485. The highest BCUT2D eigenvalue weighted by Gasteiger charge is 2.09. The van der Waals surface area contributed by atoms with E-state index in [2.05, 4.69) is 9.72 Å². The van der Waals surface area contributed by atoms with E-state index in [4.69, 9.17) is 10.00 Å². The van der Waals surface area contributed by atoms with Crippen molar-refractivity contribution in [2.24, 2.45) is 0 Å². The van der Waals surface area contributed by atoms with Crippen LogP contribution >= 0.6 is 0 Å². The number of methoxy groups -OCH3 is 2. The maximum absolute atomic E-state index is 11.3. The van der Waals surface area contributed by atoms with Gasteiger partial charge in [0.05, 0.1) is 25.4 Å². The summed E-state index contributed by atoms with van der Waals surface area (Å²) in [4.78, 5) is 15.7. The molecule has 0 saturated carbocycles. The average molecular weight is 268 g/mol. The van der Waals surface area contributed by atoms with Crippen molar-refractivity contribution >= 4 is 22.9 Å². The first-order chi connectivity index (χ1) is 9.67. The van der Waals surface area contributed by atoms with Crippen LogP contribution in [-0.4, -0.2) is 25.2 Å². The third kappa shape index (κ3) is 2.75. The molecule has 5 heteroatoms. The van der Waals surface area contributed by atoms with Gasteiger partial charge in [-0.15, -0.1) is 0 Å². The molecule has 0 aliphatic heterocycles. The number of aromatic nitrogens is 1. The van der Waals surface area contributed by atoms with Gasteiger partial charge < -0.3 is 9.47 Å². The SMILES string of the molecule is COC(=O)/C(C#N)=C/c1ccc2cc(OC)ccc2n1. The highest BCUT2D eigenvalue weighted by Crippen LogP contribution is 2.20. The second kappa shape index (κ2) is 5.85. The summed E-state index contributed by atoms with van der Waals surface area (Å²) in [6.45, 7) is 0. The highest BCUT2D eigenvalue weighted by molar-refractivity contribution is 5.97. The topological polar surface area (TPSA) is 72.2 Å². The standard InChI is InChI=1S/C15H12N2O3/c1-19-13-5-6-14-10(8-13)3-4-12(17-14)7-11(9-16)15(18)20-2/h3-8H,1-2H3/b11-7+. The first-order valence-corrected chi connectivity index (χ1v) is 5.83. The summed E-state index contributed by atoms with van der Waals surface area (Å²) in [5, 5.41) is 9.82. The minimum absolute atomic E-state index is 0.0899. The molecular weight excluding hydrogens is 256 g/mol. The largest absolute Gasteiger partial charge is 0.497 e. The van der Waals surface area contributed by atoms with E-state index in [0.717, 1.165) is 16.7 Å². The van der Waals surface area contributed by atoms with Crippen molar-refractivity contribution in [1.82, 2.24) is 4.98 Å². The van der Waals surface area contributed by atoms with E-state index in [-0.39, 0.29) is 5.57 Å². The Balaban J connectivity index is 2.44. The van der Waals surface area contributed by atoms with Crippen LogP contribution < -0.4 is 4.74 Å². The van der Waals surface area contributed by atoms with Gasteiger partial charge in [-0.1, -0.05) is 6.07 Å². The van der Waals surface area contributed by atoms with E-state index >= 15 is 0 Å². The fraction of sp³-hybridized carbons (Fsp3) is 0.133. The van der Waals surface area contributed by atoms with Gasteiger partial charge in [0.2, 0.25) is 0 Å². The molecule has 5 nitrogen and oxygen atoms in total. The Labute approximate surface area is 116 Å². The maximum Gasteiger partial charge on any atom is 0.348 e. The number of ether oxygens (including phenoxy) is 2. The fourth-order valence-electron chi connectivity index (χ4n) is 1.72. The van der Waals surface area contributed by atoms with Crippen LogP contribution in [-0.2, 0) is 9.53 Å². The van der Waals surface area contributed by atoms with E-state index in [9.17, 15) is 4.79 Å². The molecule has 0 bridgehead atoms. The molecule has 1 heterocycles. The van der Waals surface area contributed by atoms with Crippen molar-refractivity contribution in [1.29, 1.82) is 5.26 Å². The number of hydrogen-bond donors (Lipinski definition) is 0. The number of nitrogens with zero attached hydrogens (tertiary/aromatic N) is 2. The minimum atomic E-state index is -0.677. The molecule has 0 aliphatic carbocycles. The van der Waals surface area contributed by atoms with E-state index in [1.165, 1.54) is 13.2 Å². The fourth-order valence-corrected chi connectivity index (χ4v) is 1.72. The molecule has 1 aromatic heterocycles. The van der Waals surface area contributed by atoms with Gasteiger partial charge in [0.15, 0.2) is 0 Å². The lowest BCUT2D eigenvalue weighted by Crippen LogP contribution is -2.02. The van der Waals surface area contributed by atoms with E-state index in [1.54, 1.807) is 25.3 Å². The predicted molar refractivity (Wildman–Crippen MR) is 73.9 cm³/mol. The zero-order valence-corrected chi connectivity index (χ0v) is 11.1. The summed E-state index contributed by atoms with van der Waals surface area (Å²) >= 11 is 0. The lowest BCUT2D eigenvalue weighted by Gasteiger charge is -2.03. The molecule has 0 radical (unpaired) electrons. The molecule has 20 heavy (non-hydrogen) atoms. The molecule has 0 N–H and O–H groups in total. The Morgan fingerprint density at radius 2 is 2.10 bits per heavy atom. The second-order valence-electron chi connectivity index (χ2n) is 3.96. The Morgan fingerprint density at radius 3 is 2.75 bits per heavy atom. The van der Waals surface area contributed by atoms with Crippen LogP contribution in [0.2, 0.25) is 0 Å². The van der Waals surface area contributed by atoms with Gasteiger partial charge in [-0.3, -0.25) is 0 Å². The van der Waals surface area contributed by atoms with Gasteiger partial charge in [0, 0.05) is 5.39 Å². The number of rotatable bonds is 3. The zero-order chi connectivity index (χ0) is 14.5. The van der Waals surface area contributed by atoms with E-state index < -0.39 is 5.97 Å². The lowest BCUT2D eigenvalue weighted by atomic mass is 10.1. The Bertz CT molecular complexity index is 729. The number of nitriles is 1. The van der Waals surface area contributed by atoms with E-state index in [0.29, 0.717) is 5.69 Å². The second-order valence-corrected chi connectivity index (χ2v) is 3.96. The van der Waals surface area contributed by atoms with Crippen LogP contribution in [0.3, 0.4) is 0 Å². The molecule has 2 rings (SSSR count). The van der Waals surface area contributed by atoms with Crippen molar-refractivity contribution in [2.75, 3.05) is 14.2 Å². The summed E-state index contributed by atoms with van der Waals surface area (Å²) < 4.78 is 9.66. The normalized spacial score (nSPS) is 10.9. The number of carbonyl (C=O) groups is 1. The number of carbonyl (C=O) groups excluding carboxylic acids is 1. The lowest BCUT2D eigenvalue weighted by molar-refractivity contribution is -0.135.